The summed E-state index contributed by atoms with van der Waals surface area (Å²) in [6, 6.07) is 42.4. The molecule has 5 aromatic rings. The second kappa shape index (κ2) is 8.18. The normalized spacial score (nSPS) is 10.7. The van der Waals surface area contributed by atoms with Crippen LogP contribution in [0.3, 0.4) is 0 Å². The van der Waals surface area contributed by atoms with Crippen molar-refractivity contribution in [3.8, 4) is 44.6 Å². The van der Waals surface area contributed by atoms with Gasteiger partial charge < -0.3 is 0 Å². The van der Waals surface area contributed by atoms with Crippen LogP contribution in [0.1, 0.15) is 0 Å². The van der Waals surface area contributed by atoms with Gasteiger partial charge in [-0.15, -0.1) is 0 Å². The fraction of sp³-hybridized carbons (Fsp3) is 0. The van der Waals surface area contributed by atoms with E-state index in [1.54, 1.807) is 0 Å². The average molecular weight is 383 g/mol. The molecule has 0 bridgehead atoms. The van der Waals surface area contributed by atoms with Crippen molar-refractivity contribution in [1.82, 2.24) is 4.98 Å². The van der Waals surface area contributed by atoms with Crippen LogP contribution < -0.4 is 0 Å². The molecule has 142 valence electrons. The van der Waals surface area contributed by atoms with E-state index in [1.807, 2.05) is 18.3 Å². The van der Waals surface area contributed by atoms with Gasteiger partial charge in [0.25, 0.3) is 0 Å². The SMILES string of the molecule is c1ccc(-c2ccccc2-c2ccccc2-c2ccccc2-c2ccccn2)cc1. The summed E-state index contributed by atoms with van der Waals surface area (Å²) < 4.78 is 0. The fourth-order valence-electron chi connectivity index (χ4n) is 4.00. The Morgan fingerprint density at radius 2 is 0.767 bits per heavy atom. The Balaban J connectivity index is 1.73. The van der Waals surface area contributed by atoms with Gasteiger partial charge >= 0.3 is 0 Å². The maximum Gasteiger partial charge on any atom is 0.0708 e. The van der Waals surface area contributed by atoms with Crippen LogP contribution in [0, 0.1) is 0 Å². The smallest absolute Gasteiger partial charge is 0.0708 e. The van der Waals surface area contributed by atoms with Gasteiger partial charge in [0.2, 0.25) is 0 Å². The molecule has 0 aliphatic heterocycles. The number of benzene rings is 4. The molecule has 0 N–H and O–H groups in total. The Morgan fingerprint density at radius 1 is 0.333 bits per heavy atom. The molecule has 1 heterocycles. The van der Waals surface area contributed by atoms with Gasteiger partial charge in [-0.3, -0.25) is 4.98 Å². The number of hydrogen-bond donors (Lipinski definition) is 0. The molecule has 0 aliphatic carbocycles. The zero-order chi connectivity index (χ0) is 20.2. The third kappa shape index (κ3) is 3.42. The highest BCUT2D eigenvalue weighted by Gasteiger charge is 2.15. The highest BCUT2D eigenvalue weighted by atomic mass is 14.7. The molecule has 1 nitrogen and oxygen atoms in total. The fourth-order valence-corrected chi connectivity index (χ4v) is 4.00. The molecule has 0 fully saturated rings. The summed E-state index contributed by atoms with van der Waals surface area (Å²) in [7, 11) is 0. The van der Waals surface area contributed by atoms with E-state index in [-0.39, 0.29) is 0 Å². The van der Waals surface area contributed by atoms with Gasteiger partial charge in [-0.2, -0.15) is 0 Å². The largest absolute Gasteiger partial charge is 0.256 e. The minimum Gasteiger partial charge on any atom is -0.256 e. The van der Waals surface area contributed by atoms with Crippen molar-refractivity contribution in [3.63, 3.8) is 0 Å². The van der Waals surface area contributed by atoms with Crippen molar-refractivity contribution < 1.29 is 0 Å². The molecule has 4 aromatic carbocycles. The molecule has 0 spiro atoms. The lowest BCUT2D eigenvalue weighted by Crippen LogP contribution is -1.92. The first-order valence-electron chi connectivity index (χ1n) is 10.2. The van der Waals surface area contributed by atoms with Gasteiger partial charge in [-0.05, 0) is 45.5 Å². The summed E-state index contributed by atoms with van der Waals surface area (Å²) in [6.45, 7) is 0. The Morgan fingerprint density at radius 3 is 1.33 bits per heavy atom. The number of hydrogen-bond acceptors (Lipinski definition) is 1. The quantitative estimate of drug-likeness (QED) is 0.309. The Kier molecular flexibility index (Phi) is 4.93. The maximum atomic E-state index is 4.60. The van der Waals surface area contributed by atoms with Crippen molar-refractivity contribution in [2.24, 2.45) is 0 Å². The van der Waals surface area contributed by atoms with E-state index in [9.17, 15) is 0 Å². The maximum absolute atomic E-state index is 4.60. The predicted molar refractivity (Wildman–Crippen MR) is 126 cm³/mol. The number of aromatic nitrogens is 1. The van der Waals surface area contributed by atoms with Crippen molar-refractivity contribution in [1.29, 1.82) is 0 Å². The number of rotatable bonds is 4. The van der Waals surface area contributed by atoms with Gasteiger partial charge in [0.1, 0.15) is 0 Å². The molecule has 0 aliphatic rings. The van der Waals surface area contributed by atoms with Crippen LogP contribution in [0.15, 0.2) is 128 Å². The molecule has 30 heavy (non-hydrogen) atoms. The van der Waals surface area contributed by atoms with E-state index in [1.165, 1.54) is 33.4 Å². The van der Waals surface area contributed by atoms with Crippen molar-refractivity contribution >= 4 is 0 Å². The summed E-state index contributed by atoms with van der Waals surface area (Å²) in [5, 5.41) is 0. The monoisotopic (exact) mass is 383 g/mol. The Hall–Kier alpha value is -3.97. The van der Waals surface area contributed by atoms with Crippen molar-refractivity contribution in [2.45, 2.75) is 0 Å². The van der Waals surface area contributed by atoms with E-state index in [0.717, 1.165) is 11.3 Å². The van der Waals surface area contributed by atoms with Gasteiger partial charge in [0, 0.05) is 11.8 Å². The number of nitrogens with zero attached hydrogens (tertiary/aromatic N) is 1. The Bertz CT molecular complexity index is 1170. The lowest BCUT2D eigenvalue weighted by Gasteiger charge is -2.17. The van der Waals surface area contributed by atoms with Crippen molar-refractivity contribution in [2.75, 3.05) is 0 Å². The number of pyridine rings is 1. The minimum absolute atomic E-state index is 0.985. The van der Waals surface area contributed by atoms with E-state index >= 15 is 0 Å². The van der Waals surface area contributed by atoms with E-state index in [2.05, 4.69) is 114 Å². The van der Waals surface area contributed by atoms with Gasteiger partial charge in [-0.1, -0.05) is 109 Å². The first-order valence-corrected chi connectivity index (χ1v) is 10.2. The molecule has 1 aromatic heterocycles. The van der Waals surface area contributed by atoms with Gasteiger partial charge in [0.05, 0.1) is 5.69 Å². The highest BCUT2D eigenvalue weighted by molar-refractivity contribution is 5.95. The second-order valence-electron chi connectivity index (χ2n) is 7.22. The second-order valence-corrected chi connectivity index (χ2v) is 7.22. The van der Waals surface area contributed by atoms with Crippen LogP contribution in [0.4, 0.5) is 0 Å². The van der Waals surface area contributed by atoms with Crippen LogP contribution in [0.2, 0.25) is 0 Å². The first kappa shape index (κ1) is 18.1. The van der Waals surface area contributed by atoms with E-state index < -0.39 is 0 Å². The average Bonchev–Trinajstić information content (AvgIpc) is 2.85. The van der Waals surface area contributed by atoms with E-state index in [4.69, 9.17) is 0 Å². The standard InChI is InChI=1S/C29H21N/c1-2-12-22(13-3-1)23-14-4-5-15-24(23)25-16-6-7-17-26(25)27-18-8-9-19-28(27)29-20-10-11-21-30-29/h1-21H. The van der Waals surface area contributed by atoms with Crippen LogP contribution in [-0.4, -0.2) is 4.98 Å². The highest BCUT2D eigenvalue weighted by Crippen LogP contribution is 2.40. The molecule has 1 heteroatoms. The van der Waals surface area contributed by atoms with Gasteiger partial charge in [0.15, 0.2) is 0 Å². The molecular formula is C29H21N. The molecule has 5 rings (SSSR count). The molecule has 0 atom stereocenters. The minimum atomic E-state index is 0.985. The van der Waals surface area contributed by atoms with E-state index in [0.29, 0.717) is 0 Å². The van der Waals surface area contributed by atoms with Crippen LogP contribution >= 0.6 is 0 Å². The molecule has 0 unspecified atom stereocenters. The lowest BCUT2D eigenvalue weighted by molar-refractivity contribution is 1.33. The first-order chi connectivity index (χ1) is 14.9. The molecule has 0 saturated carbocycles. The zero-order valence-corrected chi connectivity index (χ0v) is 16.6. The molecule has 0 radical (unpaired) electrons. The molecule has 0 amide bonds. The summed E-state index contributed by atoms with van der Waals surface area (Å²) in [5.74, 6) is 0. The summed E-state index contributed by atoms with van der Waals surface area (Å²) in [4.78, 5) is 4.60. The molecule has 0 saturated heterocycles. The van der Waals surface area contributed by atoms with Crippen LogP contribution in [0.5, 0.6) is 0 Å². The Labute approximate surface area is 177 Å². The zero-order valence-electron chi connectivity index (χ0n) is 16.6. The summed E-state index contributed by atoms with van der Waals surface area (Å²) in [5.41, 5.74) is 9.44. The molecular weight excluding hydrogens is 362 g/mol. The lowest BCUT2D eigenvalue weighted by atomic mass is 9.87. The third-order valence-corrected chi connectivity index (χ3v) is 5.39. The topological polar surface area (TPSA) is 12.9 Å². The van der Waals surface area contributed by atoms with Crippen LogP contribution in [-0.2, 0) is 0 Å². The van der Waals surface area contributed by atoms with Crippen molar-refractivity contribution in [3.05, 3.63) is 128 Å². The summed E-state index contributed by atoms with van der Waals surface area (Å²) in [6.07, 6.45) is 1.85. The van der Waals surface area contributed by atoms with Gasteiger partial charge in [-0.25, -0.2) is 0 Å². The third-order valence-electron chi connectivity index (χ3n) is 5.39. The van der Waals surface area contributed by atoms with Crippen LogP contribution in [0.25, 0.3) is 44.6 Å². The predicted octanol–water partition coefficient (Wildman–Crippen LogP) is 7.75. The summed E-state index contributed by atoms with van der Waals surface area (Å²) >= 11 is 0.